The van der Waals surface area contributed by atoms with Gasteiger partial charge in [-0.05, 0) is 69.6 Å². The highest BCUT2D eigenvalue weighted by molar-refractivity contribution is 4.98. The van der Waals surface area contributed by atoms with Crippen LogP contribution in [-0.4, -0.2) is 51.8 Å². The van der Waals surface area contributed by atoms with Crippen molar-refractivity contribution in [1.29, 1.82) is 0 Å². The number of fused-ring (bicyclic) bond motifs is 5. The van der Waals surface area contributed by atoms with Crippen LogP contribution in [0.15, 0.2) is 0 Å². The summed E-state index contributed by atoms with van der Waals surface area (Å²) in [5.74, 6) is 4.80. The van der Waals surface area contributed by atoms with Crippen LogP contribution in [0.2, 0.25) is 0 Å². The molecule has 0 aromatic rings. The van der Waals surface area contributed by atoms with Crippen LogP contribution in [0.5, 0.6) is 0 Å². The third kappa shape index (κ3) is 5.69. The van der Waals surface area contributed by atoms with Gasteiger partial charge in [0.05, 0.1) is 26.4 Å². The molecule has 140 valence electrons. The van der Waals surface area contributed by atoms with Gasteiger partial charge >= 0.3 is 0 Å². The van der Waals surface area contributed by atoms with Gasteiger partial charge in [-0.15, -0.1) is 0 Å². The molecule has 0 N–H and O–H groups in total. The zero-order valence-electron chi connectivity index (χ0n) is 15.6. The van der Waals surface area contributed by atoms with Gasteiger partial charge in [-0.1, -0.05) is 6.42 Å². The Kier molecular flexibility index (Phi) is 7.38. The zero-order valence-corrected chi connectivity index (χ0v) is 15.6. The number of hydrogen-bond donors (Lipinski definition) is 0. The first kappa shape index (κ1) is 18.6. The lowest BCUT2D eigenvalue weighted by atomic mass is 9.82. The summed E-state index contributed by atoms with van der Waals surface area (Å²) in [6, 6.07) is 0. The highest BCUT2D eigenvalue weighted by Crippen LogP contribution is 2.58. The van der Waals surface area contributed by atoms with Gasteiger partial charge in [-0.2, -0.15) is 0 Å². The van der Waals surface area contributed by atoms with Gasteiger partial charge in [0.1, 0.15) is 12.2 Å². The molecule has 3 aliphatic carbocycles. The molecule has 2 bridgehead atoms. The molecule has 3 saturated carbocycles. The van der Waals surface area contributed by atoms with E-state index in [2.05, 4.69) is 0 Å². The quantitative estimate of drug-likeness (QED) is 0.692. The van der Waals surface area contributed by atoms with E-state index in [9.17, 15) is 0 Å². The molecule has 6 unspecified atom stereocenters. The average Bonchev–Trinajstić information content (AvgIpc) is 3.47. The van der Waals surface area contributed by atoms with E-state index in [0.717, 1.165) is 39.6 Å². The van der Waals surface area contributed by atoms with Crippen LogP contribution in [0.1, 0.15) is 52.4 Å². The smallest absolute Gasteiger partial charge is 0.104 e. The normalized spacial score (nSPS) is 40.2. The van der Waals surface area contributed by atoms with Gasteiger partial charge in [-0.25, -0.2) is 0 Å². The van der Waals surface area contributed by atoms with Crippen LogP contribution in [0.3, 0.4) is 0 Å². The van der Waals surface area contributed by atoms with Crippen LogP contribution in [-0.2, 0) is 18.9 Å². The number of rotatable bonds is 6. The fourth-order valence-corrected chi connectivity index (χ4v) is 4.85. The average molecular weight is 341 g/mol. The zero-order chi connectivity index (χ0) is 16.8. The summed E-state index contributed by atoms with van der Waals surface area (Å²) >= 11 is 0. The van der Waals surface area contributed by atoms with Gasteiger partial charge in [0, 0.05) is 13.2 Å². The predicted molar refractivity (Wildman–Crippen MR) is 94.1 cm³/mol. The minimum absolute atomic E-state index is 0.431. The molecule has 0 radical (unpaired) electrons. The van der Waals surface area contributed by atoms with Crippen LogP contribution in [0.25, 0.3) is 0 Å². The van der Waals surface area contributed by atoms with E-state index in [1.165, 1.54) is 23.7 Å². The largest absolute Gasteiger partial charge is 0.379 e. The van der Waals surface area contributed by atoms with Crippen LogP contribution in [0.4, 0.5) is 0 Å². The van der Waals surface area contributed by atoms with Crippen LogP contribution < -0.4 is 0 Å². The molecule has 4 heteroatoms. The lowest BCUT2D eigenvalue weighted by Gasteiger charge is -2.23. The second-order valence-corrected chi connectivity index (χ2v) is 7.82. The first-order chi connectivity index (χ1) is 11.8. The Balaban J connectivity index is 0.000000109. The lowest BCUT2D eigenvalue weighted by molar-refractivity contribution is 0.128. The van der Waals surface area contributed by atoms with Gasteiger partial charge in [0.25, 0.3) is 0 Å². The predicted octanol–water partition coefficient (Wildman–Crippen LogP) is 3.68. The van der Waals surface area contributed by atoms with E-state index >= 15 is 0 Å². The fraction of sp³-hybridized carbons (Fsp3) is 1.00. The van der Waals surface area contributed by atoms with Crippen molar-refractivity contribution in [2.45, 2.75) is 64.6 Å². The monoisotopic (exact) mass is 340 g/mol. The molecule has 0 aromatic heterocycles. The summed E-state index contributed by atoms with van der Waals surface area (Å²) in [6.07, 6.45) is 10.4. The molecule has 0 aromatic carbocycles. The van der Waals surface area contributed by atoms with Crippen molar-refractivity contribution in [2.75, 3.05) is 39.6 Å². The van der Waals surface area contributed by atoms with Crippen molar-refractivity contribution >= 4 is 0 Å². The minimum Gasteiger partial charge on any atom is -0.379 e. The van der Waals surface area contributed by atoms with E-state index < -0.39 is 0 Å². The standard InChI is InChI=1S/C10H16.2C5H10O2/c1-2-9-7-4-5-8(6-7)10(9)3-1;2*1-2-6-3-5-4-7-5/h7-10H,1-6H2;2*5H,2-4H2,1H3. The highest BCUT2D eigenvalue weighted by Gasteiger charge is 2.48. The van der Waals surface area contributed by atoms with Crippen molar-refractivity contribution in [3.8, 4) is 0 Å². The highest BCUT2D eigenvalue weighted by atomic mass is 16.6. The Morgan fingerprint density at radius 1 is 0.750 bits per heavy atom. The second-order valence-electron chi connectivity index (χ2n) is 7.82. The summed E-state index contributed by atoms with van der Waals surface area (Å²) < 4.78 is 19.8. The molecule has 0 spiro atoms. The van der Waals surface area contributed by atoms with Crippen LogP contribution >= 0.6 is 0 Å². The molecule has 24 heavy (non-hydrogen) atoms. The summed E-state index contributed by atoms with van der Waals surface area (Å²) in [5.41, 5.74) is 0. The fourth-order valence-electron chi connectivity index (χ4n) is 4.85. The Labute approximate surface area is 147 Å². The molecule has 2 saturated heterocycles. The molecule has 2 aliphatic heterocycles. The topological polar surface area (TPSA) is 43.5 Å². The summed E-state index contributed by atoms with van der Waals surface area (Å²) in [4.78, 5) is 0. The summed E-state index contributed by atoms with van der Waals surface area (Å²) in [5, 5.41) is 0. The lowest BCUT2D eigenvalue weighted by Crippen LogP contribution is -2.15. The van der Waals surface area contributed by atoms with Crippen LogP contribution in [0, 0.1) is 23.7 Å². The maximum atomic E-state index is 5.03. The number of ether oxygens (including phenoxy) is 4. The molecular weight excluding hydrogens is 304 g/mol. The third-order valence-corrected chi connectivity index (χ3v) is 6.17. The molecule has 5 rings (SSSR count). The van der Waals surface area contributed by atoms with Crippen molar-refractivity contribution in [3.05, 3.63) is 0 Å². The molecule has 5 aliphatic rings. The van der Waals surface area contributed by atoms with E-state index in [1.54, 1.807) is 38.5 Å². The Morgan fingerprint density at radius 2 is 1.21 bits per heavy atom. The maximum Gasteiger partial charge on any atom is 0.104 e. The van der Waals surface area contributed by atoms with Gasteiger partial charge in [-0.3, -0.25) is 0 Å². The SMILES string of the molecule is C1CC2C3CCC(C3)C2C1.CCOCC1CO1.CCOCC1CO1. The summed E-state index contributed by atoms with van der Waals surface area (Å²) in [6.45, 7) is 8.97. The van der Waals surface area contributed by atoms with Crippen molar-refractivity contribution in [1.82, 2.24) is 0 Å². The van der Waals surface area contributed by atoms with E-state index in [1.807, 2.05) is 13.8 Å². The van der Waals surface area contributed by atoms with Crippen molar-refractivity contribution < 1.29 is 18.9 Å². The molecular formula is C20H36O4. The summed E-state index contributed by atoms with van der Waals surface area (Å²) in [7, 11) is 0. The van der Waals surface area contributed by atoms with Gasteiger partial charge in [0.2, 0.25) is 0 Å². The van der Waals surface area contributed by atoms with E-state index in [-0.39, 0.29) is 0 Å². The first-order valence-corrected chi connectivity index (χ1v) is 10.2. The molecule has 2 heterocycles. The van der Waals surface area contributed by atoms with Gasteiger partial charge < -0.3 is 18.9 Å². The third-order valence-electron chi connectivity index (χ3n) is 6.17. The number of hydrogen-bond acceptors (Lipinski definition) is 4. The molecule has 0 amide bonds. The second kappa shape index (κ2) is 9.51. The van der Waals surface area contributed by atoms with Gasteiger partial charge in [0.15, 0.2) is 0 Å². The Hall–Kier alpha value is -0.160. The Bertz CT molecular complexity index is 322. The maximum absolute atomic E-state index is 5.03. The molecule has 6 atom stereocenters. The first-order valence-electron chi connectivity index (χ1n) is 10.2. The Morgan fingerprint density at radius 3 is 1.58 bits per heavy atom. The van der Waals surface area contributed by atoms with Crippen molar-refractivity contribution in [2.24, 2.45) is 23.7 Å². The molecule has 5 fully saturated rings. The molecule has 4 nitrogen and oxygen atoms in total. The van der Waals surface area contributed by atoms with Crippen molar-refractivity contribution in [3.63, 3.8) is 0 Å². The minimum atomic E-state index is 0.431. The number of epoxide rings is 2. The van der Waals surface area contributed by atoms with E-state index in [0.29, 0.717) is 12.2 Å². The van der Waals surface area contributed by atoms with E-state index in [4.69, 9.17) is 18.9 Å².